The van der Waals surface area contributed by atoms with Crippen LogP contribution in [0, 0.1) is 0 Å². The Labute approximate surface area is 133 Å². The fraction of sp³-hybridized carbons (Fsp3) is 0.467. The van der Waals surface area contributed by atoms with Gasteiger partial charge in [-0.1, -0.05) is 49.4 Å². The number of aryl methyl sites for hydroxylation is 1. The molecule has 2 rings (SSSR count). The van der Waals surface area contributed by atoms with Crippen molar-refractivity contribution in [1.82, 2.24) is 9.55 Å². The van der Waals surface area contributed by atoms with Crippen molar-refractivity contribution in [2.45, 2.75) is 45.6 Å². The Morgan fingerprint density at radius 1 is 1.24 bits per heavy atom. The number of rotatable bonds is 7. The van der Waals surface area contributed by atoms with Gasteiger partial charge in [0.05, 0.1) is 21.1 Å². The molecule has 1 aromatic carbocycles. The summed E-state index contributed by atoms with van der Waals surface area (Å²) in [5, 5.41) is 9.94. The number of carboxylic acids is 1. The minimum absolute atomic E-state index is 0.114. The number of fused-ring (bicyclic) bond motifs is 1. The zero-order valence-corrected chi connectivity index (χ0v) is 13.4. The number of carbonyl (C=O) groups is 1. The van der Waals surface area contributed by atoms with Crippen molar-refractivity contribution in [1.29, 1.82) is 0 Å². The number of aromatic nitrogens is 2. The molecule has 0 spiro atoms. The summed E-state index contributed by atoms with van der Waals surface area (Å²) in [4.78, 5) is 15.6. The van der Waals surface area contributed by atoms with Crippen molar-refractivity contribution in [3.63, 3.8) is 0 Å². The summed E-state index contributed by atoms with van der Waals surface area (Å²) in [6.45, 7) is 2.04. The van der Waals surface area contributed by atoms with Crippen LogP contribution in [-0.4, -0.2) is 20.6 Å². The number of hydrogen-bond donors (Lipinski definition) is 1. The van der Waals surface area contributed by atoms with Gasteiger partial charge in [0.25, 0.3) is 0 Å². The lowest BCUT2D eigenvalue weighted by atomic mass is 10.1. The largest absolute Gasteiger partial charge is 0.480 e. The molecular weight excluding hydrogens is 311 g/mol. The second kappa shape index (κ2) is 7.14. The lowest BCUT2D eigenvalue weighted by Gasteiger charge is -2.06. The van der Waals surface area contributed by atoms with Crippen molar-refractivity contribution in [2.24, 2.45) is 0 Å². The second-order valence-corrected chi connectivity index (χ2v) is 5.89. The Morgan fingerprint density at radius 3 is 2.62 bits per heavy atom. The van der Waals surface area contributed by atoms with E-state index in [1.165, 1.54) is 6.42 Å². The highest BCUT2D eigenvalue weighted by Crippen LogP contribution is 2.28. The fourth-order valence-electron chi connectivity index (χ4n) is 2.38. The number of imidazole rings is 1. The molecule has 0 amide bonds. The van der Waals surface area contributed by atoms with Crippen LogP contribution in [0.1, 0.15) is 38.4 Å². The highest BCUT2D eigenvalue weighted by atomic mass is 35.5. The third-order valence-electron chi connectivity index (χ3n) is 3.42. The number of nitrogens with zero attached hydrogens (tertiary/aromatic N) is 2. The maximum absolute atomic E-state index is 11.1. The molecule has 21 heavy (non-hydrogen) atoms. The van der Waals surface area contributed by atoms with E-state index in [9.17, 15) is 4.79 Å². The van der Waals surface area contributed by atoms with Crippen LogP contribution < -0.4 is 0 Å². The number of aliphatic carboxylic acids is 1. The predicted molar refractivity (Wildman–Crippen MR) is 85.2 cm³/mol. The predicted octanol–water partition coefficient (Wildman–Crippen LogP) is 4.55. The van der Waals surface area contributed by atoms with Gasteiger partial charge in [0.2, 0.25) is 0 Å². The standard InChI is InChI=1S/C15H18Cl2N2O2/c1-2-3-4-5-6-14-18-12-7-10(16)11(17)8-13(12)19(14)9-15(20)21/h7-8H,2-6,9H2,1H3,(H,20,21). The number of halogens is 2. The number of hydrogen-bond acceptors (Lipinski definition) is 2. The van der Waals surface area contributed by atoms with Crippen molar-refractivity contribution in [3.8, 4) is 0 Å². The average molecular weight is 329 g/mol. The van der Waals surface area contributed by atoms with Crippen LogP contribution in [0.5, 0.6) is 0 Å². The lowest BCUT2D eigenvalue weighted by Crippen LogP contribution is -2.12. The van der Waals surface area contributed by atoms with Crippen LogP contribution in [0.25, 0.3) is 11.0 Å². The molecule has 2 aromatic rings. The maximum Gasteiger partial charge on any atom is 0.323 e. The van der Waals surface area contributed by atoms with Crippen molar-refractivity contribution in [3.05, 3.63) is 28.0 Å². The molecular formula is C15H18Cl2N2O2. The molecule has 1 N–H and O–H groups in total. The highest BCUT2D eigenvalue weighted by Gasteiger charge is 2.15. The van der Waals surface area contributed by atoms with Gasteiger partial charge in [-0.15, -0.1) is 0 Å². The van der Waals surface area contributed by atoms with Gasteiger partial charge < -0.3 is 9.67 Å². The molecule has 0 saturated heterocycles. The molecule has 0 fully saturated rings. The Kier molecular flexibility index (Phi) is 5.48. The molecule has 0 radical (unpaired) electrons. The van der Waals surface area contributed by atoms with Crippen LogP contribution in [0.2, 0.25) is 10.0 Å². The van der Waals surface area contributed by atoms with Crippen LogP contribution in [-0.2, 0) is 17.8 Å². The molecule has 6 heteroatoms. The van der Waals surface area contributed by atoms with Gasteiger partial charge in [-0.3, -0.25) is 4.79 Å². The molecule has 4 nitrogen and oxygen atoms in total. The molecule has 1 heterocycles. The van der Waals surface area contributed by atoms with Gasteiger partial charge in [0.1, 0.15) is 12.4 Å². The van der Waals surface area contributed by atoms with Gasteiger partial charge in [-0.05, 0) is 18.6 Å². The summed E-state index contributed by atoms with van der Waals surface area (Å²) in [6, 6.07) is 3.37. The topological polar surface area (TPSA) is 55.1 Å². The van der Waals surface area contributed by atoms with Gasteiger partial charge in [-0.25, -0.2) is 4.98 Å². The van der Waals surface area contributed by atoms with Crippen LogP contribution in [0.4, 0.5) is 0 Å². The molecule has 0 aliphatic rings. The first kappa shape index (κ1) is 16.1. The first-order valence-electron chi connectivity index (χ1n) is 7.09. The molecule has 0 atom stereocenters. The Morgan fingerprint density at radius 2 is 1.95 bits per heavy atom. The van der Waals surface area contributed by atoms with Crippen LogP contribution in [0.3, 0.4) is 0 Å². The third-order valence-corrected chi connectivity index (χ3v) is 4.14. The molecule has 0 bridgehead atoms. The molecule has 0 unspecified atom stereocenters. The summed E-state index contributed by atoms with van der Waals surface area (Å²) in [5.74, 6) is -0.114. The third kappa shape index (κ3) is 3.89. The van der Waals surface area contributed by atoms with E-state index in [4.69, 9.17) is 28.3 Å². The van der Waals surface area contributed by atoms with Gasteiger partial charge in [0, 0.05) is 6.42 Å². The van der Waals surface area contributed by atoms with Crippen LogP contribution >= 0.6 is 23.2 Å². The molecule has 114 valence electrons. The van der Waals surface area contributed by atoms with Crippen LogP contribution in [0.15, 0.2) is 12.1 Å². The minimum atomic E-state index is -0.893. The van der Waals surface area contributed by atoms with E-state index in [0.29, 0.717) is 15.6 Å². The highest BCUT2D eigenvalue weighted by molar-refractivity contribution is 6.42. The van der Waals surface area contributed by atoms with Crippen molar-refractivity contribution in [2.75, 3.05) is 0 Å². The zero-order chi connectivity index (χ0) is 15.4. The minimum Gasteiger partial charge on any atom is -0.480 e. The zero-order valence-electron chi connectivity index (χ0n) is 11.9. The summed E-state index contributed by atoms with van der Waals surface area (Å²) in [7, 11) is 0. The quantitative estimate of drug-likeness (QED) is 0.758. The van der Waals surface area contributed by atoms with E-state index in [0.717, 1.165) is 37.0 Å². The van der Waals surface area contributed by atoms with E-state index in [-0.39, 0.29) is 6.54 Å². The fourth-order valence-corrected chi connectivity index (χ4v) is 2.70. The lowest BCUT2D eigenvalue weighted by molar-refractivity contribution is -0.137. The molecule has 0 aliphatic heterocycles. The molecule has 1 aromatic heterocycles. The monoisotopic (exact) mass is 328 g/mol. The number of benzene rings is 1. The first-order valence-corrected chi connectivity index (χ1v) is 7.84. The summed E-state index contributed by atoms with van der Waals surface area (Å²) < 4.78 is 1.71. The summed E-state index contributed by atoms with van der Waals surface area (Å²) in [6.07, 6.45) is 5.22. The van der Waals surface area contributed by atoms with Gasteiger partial charge in [0.15, 0.2) is 0 Å². The smallest absolute Gasteiger partial charge is 0.323 e. The Balaban J connectivity index is 2.35. The van der Waals surface area contributed by atoms with E-state index in [2.05, 4.69) is 11.9 Å². The number of unbranched alkanes of at least 4 members (excludes halogenated alkanes) is 3. The van der Waals surface area contributed by atoms with E-state index in [1.54, 1.807) is 16.7 Å². The Hall–Kier alpha value is -1.26. The average Bonchev–Trinajstić information content (AvgIpc) is 2.73. The molecule has 0 saturated carbocycles. The number of carboxylic acid groups (broad SMARTS) is 1. The van der Waals surface area contributed by atoms with Crippen molar-refractivity contribution >= 4 is 40.2 Å². The van der Waals surface area contributed by atoms with E-state index < -0.39 is 5.97 Å². The van der Waals surface area contributed by atoms with Gasteiger partial charge >= 0.3 is 5.97 Å². The van der Waals surface area contributed by atoms with Gasteiger partial charge in [-0.2, -0.15) is 0 Å². The van der Waals surface area contributed by atoms with E-state index >= 15 is 0 Å². The summed E-state index contributed by atoms with van der Waals surface area (Å²) >= 11 is 12.0. The van der Waals surface area contributed by atoms with Crippen molar-refractivity contribution < 1.29 is 9.90 Å². The Bertz CT molecular complexity index is 653. The normalized spacial score (nSPS) is 11.2. The molecule has 0 aliphatic carbocycles. The first-order chi connectivity index (χ1) is 10.0. The maximum atomic E-state index is 11.1. The SMILES string of the molecule is CCCCCCc1nc2cc(Cl)c(Cl)cc2n1CC(=O)O. The second-order valence-electron chi connectivity index (χ2n) is 5.07. The van der Waals surface area contributed by atoms with E-state index in [1.807, 2.05) is 0 Å². The summed E-state index contributed by atoms with van der Waals surface area (Å²) in [5.41, 5.74) is 1.41.